The lowest BCUT2D eigenvalue weighted by molar-refractivity contribution is -0.139. The van der Waals surface area contributed by atoms with Gasteiger partial charge in [-0.15, -0.1) is 0 Å². The molecule has 0 aromatic carbocycles. The molecule has 8 nitrogen and oxygen atoms in total. The molecule has 0 fully saturated rings. The van der Waals surface area contributed by atoms with Crippen LogP contribution in [0.15, 0.2) is 0 Å². The van der Waals surface area contributed by atoms with Crippen molar-refractivity contribution < 1.29 is 19.8 Å². The Balaban J connectivity index is 0. The van der Waals surface area contributed by atoms with Crippen LogP contribution in [0.5, 0.6) is 0 Å². The molecule has 0 amide bonds. The van der Waals surface area contributed by atoms with E-state index >= 15 is 0 Å². The zero-order valence-corrected chi connectivity index (χ0v) is 10.7. The molecule has 0 aliphatic carbocycles. The van der Waals surface area contributed by atoms with Crippen molar-refractivity contribution >= 4 is 40.4 Å². The first-order chi connectivity index (χ1) is 7.47. The van der Waals surface area contributed by atoms with Crippen molar-refractivity contribution in [1.82, 2.24) is 15.8 Å². The summed E-state index contributed by atoms with van der Waals surface area (Å²) in [6, 6.07) is 0. The lowest BCUT2D eigenvalue weighted by atomic mass is 10.5. The molecule has 0 bridgehead atoms. The Morgan fingerprint density at radius 2 is 1.76 bits per heavy atom. The van der Waals surface area contributed by atoms with Crippen LogP contribution in [0.1, 0.15) is 0 Å². The van der Waals surface area contributed by atoms with Gasteiger partial charge < -0.3 is 27.0 Å². The molecule has 17 heavy (non-hydrogen) atoms. The van der Waals surface area contributed by atoms with Crippen LogP contribution in [0.2, 0.25) is 0 Å². The predicted octanol–water partition coefficient (Wildman–Crippen LogP) is -0.899. The third kappa shape index (κ3) is 9.96. The minimum absolute atomic E-state index is 0. The SMILES string of the molecule is N.NCCNSC(=S)N(CC(=O)O)CC(=O)O. The molecule has 8 N–H and O–H groups in total. The lowest BCUT2D eigenvalue weighted by Crippen LogP contribution is -2.38. The maximum atomic E-state index is 10.5. The van der Waals surface area contributed by atoms with Crippen molar-refractivity contribution in [2.75, 3.05) is 26.2 Å². The molecule has 0 unspecified atom stereocenters. The molecule has 0 aliphatic heterocycles. The number of carboxylic acid groups (broad SMARTS) is 2. The lowest BCUT2D eigenvalue weighted by Gasteiger charge is -2.20. The average molecular weight is 284 g/mol. The second-order valence-corrected chi connectivity index (χ2v) is 4.22. The van der Waals surface area contributed by atoms with Gasteiger partial charge in [0.1, 0.15) is 13.1 Å². The number of hydrogen-bond donors (Lipinski definition) is 5. The third-order valence-corrected chi connectivity index (χ3v) is 2.61. The topological polar surface area (TPSA) is 151 Å². The van der Waals surface area contributed by atoms with Crippen molar-refractivity contribution in [2.24, 2.45) is 5.73 Å². The number of nitrogens with two attached hydrogens (primary N) is 1. The second kappa shape index (κ2) is 10.2. The van der Waals surface area contributed by atoms with E-state index in [-0.39, 0.29) is 10.5 Å². The number of carbonyl (C=O) groups is 2. The highest BCUT2D eigenvalue weighted by atomic mass is 32.2. The van der Waals surface area contributed by atoms with Gasteiger partial charge in [0.25, 0.3) is 0 Å². The quantitative estimate of drug-likeness (QED) is 0.226. The highest BCUT2D eigenvalue weighted by Gasteiger charge is 2.16. The minimum Gasteiger partial charge on any atom is -0.480 e. The van der Waals surface area contributed by atoms with E-state index in [1.807, 2.05) is 0 Å². The minimum atomic E-state index is -1.14. The van der Waals surface area contributed by atoms with E-state index in [1.165, 1.54) is 0 Å². The van der Waals surface area contributed by atoms with E-state index in [0.717, 1.165) is 16.8 Å². The van der Waals surface area contributed by atoms with Crippen LogP contribution in [0.25, 0.3) is 0 Å². The smallest absolute Gasteiger partial charge is 0.323 e. The maximum absolute atomic E-state index is 10.5. The number of nitrogens with one attached hydrogen (secondary N) is 1. The van der Waals surface area contributed by atoms with Gasteiger partial charge in [-0.3, -0.25) is 14.3 Å². The Morgan fingerprint density at radius 1 is 1.29 bits per heavy atom. The van der Waals surface area contributed by atoms with E-state index in [4.69, 9.17) is 28.2 Å². The molecular formula is C7H16N4O4S2. The molecular weight excluding hydrogens is 268 g/mol. The summed E-state index contributed by atoms with van der Waals surface area (Å²) >= 11 is 5.88. The first-order valence-electron chi connectivity index (χ1n) is 4.29. The Morgan fingerprint density at radius 3 is 2.12 bits per heavy atom. The fourth-order valence-corrected chi connectivity index (χ4v) is 1.66. The van der Waals surface area contributed by atoms with Crippen molar-refractivity contribution in [3.63, 3.8) is 0 Å². The normalized spacial score (nSPS) is 9.24. The summed E-state index contributed by atoms with van der Waals surface area (Å²) in [7, 11) is 0. The summed E-state index contributed by atoms with van der Waals surface area (Å²) < 4.78 is 2.95. The fourth-order valence-electron chi connectivity index (χ4n) is 0.748. The fraction of sp³-hybridized carbons (Fsp3) is 0.571. The zero-order valence-electron chi connectivity index (χ0n) is 9.09. The van der Waals surface area contributed by atoms with Crippen LogP contribution in [0.3, 0.4) is 0 Å². The van der Waals surface area contributed by atoms with Crippen LogP contribution in [-0.4, -0.2) is 57.6 Å². The summed E-state index contributed by atoms with van der Waals surface area (Å²) in [6.45, 7) is 0.0249. The molecule has 0 radical (unpaired) electrons. The number of aliphatic carboxylic acids is 2. The molecule has 0 rings (SSSR count). The van der Waals surface area contributed by atoms with Gasteiger partial charge in [0.05, 0.1) is 0 Å². The first-order valence-corrected chi connectivity index (χ1v) is 5.52. The molecule has 0 aromatic rings. The van der Waals surface area contributed by atoms with Crippen LogP contribution in [0, 0.1) is 0 Å². The van der Waals surface area contributed by atoms with Gasteiger partial charge in [-0.25, -0.2) is 0 Å². The Bertz CT molecular complexity index is 261. The largest absolute Gasteiger partial charge is 0.480 e. The average Bonchev–Trinajstić information content (AvgIpc) is 2.15. The molecule has 0 spiro atoms. The molecule has 100 valence electrons. The van der Waals surface area contributed by atoms with Crippen molar-refractivity contribution in [1.29, 1.82) is 0 Å². The highest BCUT2D eigenvalue weighted by molar-refractivity contribution is 8.21. The van der Waals surface area contributed by atoms with Gasteiger partial charge in [0.15, 0.2) is 4.32 Å². The maximum Gasteiger partial charge on any atom is 0.323 e. The van der Waals surface area contributed by atoms with Gasteiger partial charge in [0, 0.05) is 13.1 Å². The third-order valence-electron chi connectivity index (χ3n) is 1.32. The number of carboxylic acids is 2. The molecule has 0 aliphatic rings. The summed E-state index contributed by atoms with van der Waals surface area (Å²) in [4.78, 5) is 22.0. The summed E-state index contributed by atoms with van der Waals surface area (Å²) in [5.41, 5.74) is 5.23. The monoisotopic (exact) mass is 284 g/mol. The van der Waals surface area contributed by atoms with Crippen LogP contribution < -0.4 is 16.6 Å². The summed E-state index contributed by atoms with van der Waals surface area (Å²) in [5, 5.41) is 17.1. The molecule has 0 atom stereocenters. The van der Waals surface area contributed by atoms with Gasteiger partial charge in [-0.05, 0) is 11.9 Å². The van der Waals surface area contributed by atoms with Gasteiger partial charge >= 0.3 is 11.9 Å². The van der Waals surface area contributed by atoms with Crippen LogP contribution in [-0.2, 0) is 9.59 Å². The van der Waals surface area contributed by atoms with E-state index < -0.39 is 25.0 Å². The molecule has 0 aromatic heterocycles. The van der Waals surface area contributed by atoms with Crippen molar-refractivity contribution in [3.8, 4) is 0 Å². The van der Waals surface area contributed by atoms with Crippen molar-refractivity contribution in [2.45, 2.75) is 0 Å². The van der Waals surface area contributed by atoms with Crippen LogP contribution >= 0.6 is 24.2 Å². The predicted molar refractivity (Wildman–Crippen MR) is 69.1 cm³/mol. The van der Waals surface area contributed by atoms with Crippen molar-refractivity contribution in [3.05, 3.63) is 0 Å². The van der Waals surface area contributed by atoms with E-state index in [9.17, 15) is 9.59 Å². The number of nitrogens with zero attached hydrogens (tertiary/aromatic N) is 1. The number of thiocarbonyl (C=S) groups is 1. The van der Waals surface area contributed by atoms with E-state index in [2.05, 4.69) is 4.72 Å². The van der Waals surface area contributed by atoms with E-state index in [0.29, 0.717) is 13.1 Å². The molecule has 0 saturated heterocycles. The van der Waals surface area contributed by atoms with Crippen LogP contribution in [0.4, 0.5) is 0 Å². The highest BCUT2D eigenvalue weighted by Crippen LogP contribution is 2.05. The van der Waals surface area contributed by atoms with Gasteiger partial charge in [0.2, 0.25) is 0 Å². The molecule has 0 saturated carbocycles. The standard InChI is InChI=1S/C7H13N3O4S2.H3N/c8-1-2-9-16-7(15)10(3-5(11)12)4-6(13)14;/h9H,1-4,8H2,(H,11,12)(H,13,14);1H3. The zero-order chi connectivity index (χ0) is 12.6. The Hall–Kier alpha value is -0.940. The van der Waals surface area contributed by atoms with E-state index in [1.54, 1.807) is 0 Å². The molecule has 10 heteroatoms. The second-order valence-electron chi connectivity index (χ2n) is 2.69. The molecule has 0 heterocycles. The Kier molecular flexibility index (Phi) is 11.1. The number of rotatable bonds is 7. The first kappa shape index (κ1) is 18.4. The van der Waals surface area contributed by atoms with Gasteiger partial charge in [-0.2, -0.15) is 0 Å². The van der Waals surface area contributed by atoms with Gasteiger partial charge in [-0.1, -0.05) is 12.2 Å². The summed E-state index contributed by atoms with van der Waals surface area (Å²) in [6.07, 6.45) is 0. The summed E-state index contributed by atoms with van der Waals surface area (Å²) in [5.74, 6) is -2.27. The number of hydrogen-bond acceptors (Lipinski definition) is 7. The Labute approximate surface area is 108 Å².